The lowest BCUT2D eigenvalue weighted by Gasteiger charge is -2.33. The predicted molar refractivity (Wildman–Crippen MR) is 54.3 cm³/mol. The van der Waals surface area contributed by atoms with Crippen molar-refractivity contribution in [3.8, 4) is 0 Å². The molecule has 1 N–H and O–H groups in total. The van der Waals surface area contributed by atoms with Crippen LogP contribution in [-0.2, 0) is 4.79 Å². The fraction of sp³-hybridized carbons (Fsp3) is 0.545. The molecule has 13 heavy (non-hydrogen) atoms. The summed E-state index contributed by atoms with van der Waals surface area (Å²) in [7, 11) is 0. The van der Waals surface area contributed by atoms with Gasteiger partial charge in [0.05, 0.1) is 0 Å². The molecule has 0 aromatic heterocycles. The summed E-state index contributed by atoms with van der Waals surface area (Å²) in [5.41, 5.74) is 0. The summed E-state index contributed by atoms with van der Waals surface area (Å²) in [6.45, 7) is 4.10. The molecule has 2 atom stereocenters. The molecule has 1 aliphatic rings. The average molecular weight is 179 g/mol. The fourth-order valence-electron chi connectivity index (χ4n) is 1.37. The van der Waals surface area contributed by atoms with Crippen LogP contribution in [0.15, 0.2) is 24.3 Å². The van der Waals surface area contributed by atoms with Gasteiger partial charge in [-0.3, -0.25) is 4.79 Å². The minimum absolute atomic E-state index is 0.0228. The molecule has 2 unspecified atom stereocenters. The summed E-state index contributed by atoms with van der Waals surface area (Å²) >= 11 is 0. The average Bonchev–Trinajstić information content (AvgIpc) is 2.12. The number of carbonyl (C=O) groups excluding carboxylic acids is 1. The van der Waals surface area contributed by atoms with Gasteiger partial charge in [-0.15, -0.1) is 0 Å². The van der Waals surface area contributed by atoms with E-state index in [0.717, 1.165) is 6.42 Å². The van der Waals surface area contributed by atoms with Gasteiger partial charge in [0, 0.05) is 12.1 Å². The molecule has 1 rings (SSSR count). The molecule has 0 saturated heterocycles. The first-order chi connectivity index (χ1) is 6.24. The molecule has 0 bridgehead atoms. The van der Waals surface area contributed by atoms with Gasteiger partial charge in [-0.1, -0.05) is 25.2 Å². The molecular formula is C11H17NO. The standard InChI is InChI=1S/C11H17NO/c1-3-4-5-6-11(13)12-10-8-7-9(10)2/h3-6,9-10H,7-8H2,1-2H3,(H,12,13)/b4-3+,6-5+. The Labute approximate surface area is 79.7 Å². The van der Waals surface area contributed by atoms with Crippen LogP contribution in [0.25, 0.3) is 0 Å². The van der Waals surface area contributed by atoms with E-state index < -0.39 is 0 Å². The van der Waals surface area contributed by atoms with Gasteiger partial charge in [-0.25, -0.2) is 0 Å². The number of carbonyl (C=O) groups is 1. The van der Waals surface area contributed by atoms with E-state index in [1.807, 2.05) is 19.1 Å². The zero-order chi connectivity index (χ0) is 9.68. The molecule has 0 aliphatic heterocycles. The van der Waals surface area contributed by atoms with E-state index in [9.17, 15) is 4.79 Å². The highest BCUT2D eigenvalue weighted by atomic mass is 16.1. The molecular weight excluding hydrogens is 162 g/mol. The Kier molecular flexibility index (Phi) is 3.74. The normalized spacial score (nSPS) is 27.8. The summed E-state index contributed by atoms with van der Waals surface area (Å²) in [5.74, 6) is 0.675. The van der Waals surface area contributed by atoms with E-state index in [4.69, 9.17) is 0 Å². The second-order valence-electron chi connectivity index (χ2n) is 3.55. The van der Waals surface area contributed by atoms with Gasteiger partial charge >= 0.3 is 0 Å². The van der Waals surface area contributed by atoms with Gasteiger partial charge in [-0.05, 0) is 25.7 Å². The first-order valence-electron chi connectivity index (χ1n) is 4.84. The summed E-state index contributed by atoms with van der Waals surface area (Å²) in [4.78, 5) is 11.2. The molecule has 1 aliphatic carbocycles. The second kappa shape index (κ2) is 4.85. The number of nitrogens with one attached hydrogen (secondary N) is 1. The SMILES string of the molecule is C/C=C/C=C/C(=O)NC1CCC1C. The van der Waals surface area contributed by atoms with Crippen LogP contribution >= 0.6 is 0 Å². The Morgan fingerprint density at radius 1 is 1.38 bits per heavy atom. The molecule has 2 nitrogen and oxygen atoms in total. The zero-order valence-corrected chi connectivity index (χ0v) is 8.29. The van der Waals surface area contributed by atoms with Crippen LogP contribution in [0.2, 0.25) is 0 Å². The Morgan fingerprint density at radius 2 is 2.15 bits per heavy atom. The Hall–Kier alpha value is -1.05. The number of amides is 1. The van der Waals surface area contributed by atoms with Gasteiger partial charge in [0.2, 0.25) is 5.91 Å². The summed E-state index contributed by atoms with van der Waals surface area (Å²) in [5, 5.41) is 2.97. The van der Waals surface area contributed by atoms with Crippen LogP contribution in [-0.4, -0.2) is 11.9 Å². The predicted octanol–water partition coefficient (Wildman–Crippen LogP) is 2.03. The topological polar surface area (TPSA) is 29.1 Å². The lowest BCUT2D eigenvalue weighted by Crippen LogP contribution is -2.44. The van der Waals surface area contributed by atoms with E-state index >= 15 is 0 Å². The van der Waals surface area contributed by atoms with Crippen LogP contribution in [0, 0.1) is 5.92 Å². The second-order valence-corrected chi connectivity index (χ2v) is 3.55. The van der Waals surface area contributed by atoms with Crippen LogP contribution < -0.4 is 5.32 Å². The third kappa shape index (κ3) is 3.05. The maximum absolute atomic E-state index is 11.2. The lowest BCUT2D eigenvalue weighted by atomic mass is 9.81. The Balaban J connectivity index is 2.25. The number of hydrogen-bond acceptors (Lipinski definition) is 1. The van der Waals surface area contributed by atoms with Crippen LogP contribution in [0.5, 0.6) is 0 Å². The molecule has 1 fully saturated rings. The molecule has 0 radical (unpaired) electrons. The fourth-order valence-corrected chi connectivity index (χ4v) is 1.37. The van der Waals surface area contributed by atoms with Crippen LogP contribution in [0.3, 0.4) is 0 Å². The summed E-state index contributed by atoms with van der Waals surface area (Å²) < 4.78 is 0. The van der Waals surface area contributed by atoms with Crippen molar-refractivity contribution in [2.45, 2.75) is 32.7 Å². The monoisotopic (exact) mass is 179 g/mol. The molecule has 0 aromatic rings. The maximum Gasteiger partial charge on any atom is 0.244 e. The molecule has 1 saturated carbocycles. The van der Waals surface area contributed by atoms with E-state index in [1.54, 1.807) is 12.2 Å². The van der Waals surface area contributed by atoms with E-state index in [1.165, 1.54) is 6.42 Å². The number of hydrogen-bond donors (Lipinski definition) is 1. The van der Waals surface area contributed by atoms with Crippen molar-refractivity contribution in [2.24, 2.45) is 5.92 Å². The zero-order valence-electron chi connectivity index (χ0n) is 8.29. The van der Waals surface area contributed by atoms with Gasteiger partial charge in [0.1, 0.15) is 0 Å². The van der Waals surface area contributed by atoms with Crippen molar-refractivity contribution in [1.82, 2.24) is 5.32 Å². The van der Waals surface area contributed by atoms with Gasteiger partial charge in [-0.2, -0.15) is 0 Å². The summed E-state index contributed by atoms with van der Waals surface area (Å²) in [6, 6.07) is 0.405. The van der Waals surface area contributed by atoms with Crippen LogP contribution in [0.4, 0.5) is 0 Å². The largest absolute Gasteiger partial charge is 0.350 e. The minimum Gasteiger partial charge on any atom is -0.350 e. The number of rotatable bonds is 3. The first-order valence-corrected chi connectivity index (χ1v) is 4.84. The quantitative estimate of drug-likeness (QED) is 0.521. The van der Waals surface area contributed by atoms with Crippen molar-refractivity contribution in [2.75, 3.05) is 0 Å². The first kappa shape index (κ1) is 10.0. The molecule has 0 spiro atoms. The molecule has 1 amide bonds. The van der Waals surface area contributed by atoms with Gasteiger partial charge < -0.3 is 5.32 Å². The third-order valence-corrected chi connectivity index (χ3v) is 2.50. The summed E-state index contributed by atoms with van der Waals surface area (Å²) in [6.07, 6.45) is 9.46. The van der Waals surface area contributed by atoms with Crippen molar-refractivity contribution in [3.05, 3.63) is 24.3 Å². The highest BCUT2D eigenvalue weighted by Gasteiger charge is 2.27. The third-order valence-electron chi connectivity index (χ3n) is 2.50. The van der Waals surface area contributed by atoms with Crippen molar-refractivity contribution in [3.63, 3.8) is 0 Å². The van der Waals surface area contributed by atoms with E-state index in [-0.39, 0.29) is 5.91 Å². The van der Waals surface area contributed by atoms with Crippen molar-refractivity contribution in [1.29, 1.82) is 0 Å². The highest BCUT2D eigenvalue weighted by molar-refractivity contribution is 5.88. The maximum atomic E-state index is 11.2. The van der Waals surface area contributed by atoms with E-state index in [0.29, 0.717) is 12.0 Å². The molecule has 2 heteroatoms. The molecule has 0 heterocycles. The van der Waals surface area contributed by atoms with Gasteiger partial charge in [0.15, 0.2) is 0 Å². The van der Waals surface area contributed by atoms with Crippen LogP contribution in [0.1, 0.15) is 26.7 Å². The van der Waals surface area contributed by atoms with Crippen molar-refractivity contribution < 1.29 is 4.79 Å². The Bertz CT molecular complexity index is 230. The highest BCUT2D eigenvalue weighted by Crippen LogP contribution is 2.26. The van der Waals surface area contributed by atoms with E-state index in [2.05, 4.69) is 12.2 Å². The molecule has 0 aromatic carbocycles. The van der Waals surface area contributed by atoms with Gasteiger partial charge in [0.25, 0.3) is 0 Å². The smallest absolute Gasteiger partial charge is 0.244 e. The molecule has 72 valence electrons. The Morgan fingerprint density at radius 3 is 2.62 bits per heavy atom. The van der Waals surface area contributed by atoms with Crippen molar-refractivity contribution >= 4 is 5.91 Å². The lowest BCUT2D eigenvalue weighted by molar-refractivity contribution is -0.118. The number of allylic oxidation sites excluding steroid dienone is 3. The minimum atomic E-state index is 0.0228.